The number of aromatic hydroxyl groups is 1. The lowest BCUT2D eigenvalue weighted by Crippen LogP contribution is -2.29. The molecule has 1 aliphatic heterocycles. The van der Waals surface area contributed by atoms with Crippen LogP contribution in [0.3, 0.4) is 0 Å². The van der Waals surface area contributed by atoms with Crippen LogP contribution in [0, 0.1) is 0 Å². The van der Waals surface area contributed by atoms with Crippen LogP contribution in [0.15, 0.2) is 30.3 Å². The average molecular weight is 315 g/mol. The van der Waals surface area contributed by atoms with Crippen molar-refractivity contribution in [3.63, 3.8) is 0 Å². The maximum Gasteiger partial charge on any atom is 0.161 e. The van der Waals surface area contributed by atoms with Crippen LogP contribution in [0.5, 0.6) is 23.0 Å². The number of methoxy groups -OCH3 is 3. The van der Waals surface area contributed by atoms with Crippen LogP contribution in [-0.4, -0.2) is 33.0 Å². The Morgan fingerprint density at radius 2 is 1.65 bits per heavy atom. The minimum absolute atomic E-state index is 0.146. The number of rotatable bonds is 4. The zero-order valence-electron chi connectivity index (χ0n) is 13.6. The molecule has 5 nitrogen and oxygen atoms in total. The molecule has 0 fully saturated rings. The summed E-state index contributed by atoms with van der Waals surface area (Å²) in [6.07, 6.45) is 0. The molecule has 122 valence electrons. The summed E-state index contributed by atoms with van der Waals surface area (Å²) in [5.74, 6) is 2.25. The van der Waals surface area contributed by atoms with E-state index in [4.69, 9.17) is 14.2 Å². The van der Waals surface area contributed by atoms with E-state index in [9.17, 15) is 5.11 Å². The quantitative estimate of drug-likeness (QED) is 0.908. The Hall–Kier alpha value is -2.40. The van der Waals surface area contributed by atoms with Gasteiger partial charge in [0.15, 0.2) is 23.0 Å². The van der Waals surface area contributed by atoms with Crippen LogP contribution >= 0.6 is 0 Å². The molecule has 1 aliphatic rings. The Bertz CT molecular complexity index is 714. The Kier molecular flexibility index (Phi) is 4.30. The van der Waals surface area contributed by atoms with E-state index in [1.807, 2.05) is 24.3 Å². The highest BCUT2D eigenvalue weighted by molar-refractivity contribution is 5.53. The summed E-state index contributed by atoms with van der Waals surface area (Å²) >= 11 is 0. The van der Waals surface area contributed by atoms with Crippen molar-refractivity contribution in [2.24, 2.45) is 0 Å². The molecule has 3 rings (SSSR count). The molecule has 2 aromatic rings. The lowest BCUT2D eigenvalue weighted by atomic mass is 9.85. The van der Waals surface area contributed by atoms with Crippen LogP contribution in [0.4, 0.5) is 0 Å². The van der Waals surface area contributed by atoms with E-state index in [1.54, 1.807) is 27.4 Å². The van der Waals surface area contributed by atoms with Crippen molar-refractivity contribution in [2.75, 3.05) is 27.9 Å². The summed E-state index contributed by atoms with van der Waals surface area (Å²) < 4.78 is 16.1. The molecule has 5 heteroatoms. The van der Waals surface area contributed by atoms with Crippen molar-refractivity contribution in [1.82, 2.24) is 5.32 Å². The highest BCUT2D eigenvalue weighted by atomic mass is 16.5. The molecule has 0 radical (unpaired) electrons. The molecule has 0 spiro atoms. The summed E-state index contributed by atoms with van der Waals surface area (Å²) in [5, 5.41) is 13.2. The molecule has 2 aromatic carbocycles. The zero-order valence-corrected chi connectivity index (χ0v) is 13.6. The molecule has 23 heavy (non-hydrogen) atoms. The van der Waals surface area contributed by atoms with Crippen molar-refractivity contribution < 1.29 is 19.3 Å². The minimum atomic E-state index is 0.146. The Morgan fingerprint density at radius 1 is 0.957 bits per heavy atom. The molecular formula is C18H21NO4. The van der Waals surface area contributed by atoms with Crippen molar-refractivity contribution in [2.45, 2.75) is 12.5 Å². The molecule has 0 aliphatic carbocycles. The second kappa shape index (κ2) is 6.38. The molecule has 0 aromatic heterocycles. The maximum atomic E-state index is 9.80. The summed E-state index contributed by atoms with van der Waals surface area (Å²) in [7, 11) is 4.84. The van der Waals surface area contributed by atoms with Crippen LogP contribution in [0.1, 0.15) is 22.6 Å². The predicted octanol–water partition coefficient (Wildman–Crippen LogP) is 2.65. The number of phenolic OH excluding ortho intramolecular Hbond substituents is 1. The maximum absolute atomic E-state index is 9.80. The van der Waals surface area contributed by atoms with Gasteiger partial charge in [-0.3, -0.25) is 0 Å². The lowest BCUT2D eigenvalue weighted by molar-refractivity contribution is 0.353. The van der Waals surface area contributed by atoms with E-state index in [1.165, 1.54) is 11.1 Å². The SMILES string of the molecule is COc1cc([C@@H]2CNCc3cc(OC)c(OC)cc32)ccc1O. The summed E-state index contributed by atoms with van der Waals surface area (Å²) in [6.45, 7) is 1.61. The number of nitrogens with one attached hydrogen (secondary N) is 1. The predicted molar refractivity (Wildman–Crippen MR) is 87.8 cm³/mol. The van der Waals surface area contributed by atoms with Crippen LogP contribution < -0.4 is 19.5 Å². The third-order valence-corrected chi connectivity index (χ3v) is 4.29. The third-order valence-electron chi connectivity index (χ3n) is 4.29. The number of phenols is 1. The van der Waals surface area contributed by atoms with E-state index in [0.717, 1.165) is 30.2 Å². The molecule has 0 saturated carbocycles. The molecule has 0 saturated heterocycles. The summed E-state index contributed by atoms with van der Waals surface area (Å²) in [5.41, 5.74) is 3.47. The zero-order chi connectivity index (χ0) is 16.4. The van der Waals surface area contributed by atoms with Gasteiger partial charge in [-0.05, 0) is 41.0 Å². The Balaban J connectivity index is 2.07. The van der Waals surface area contributed by atoms with E-state index in [2.05, 4.69) is 5.32 Å². The first-order valence-electron chi connectivity index (χ1n) is 7.50. The molecule has 0 unspecified atom stereocenters. The molecular weight excluding hydrogens is 294 g/mol. The minimum Gasteiger partial charge on any atom is -0.504 e. The van der Waals surface area contributed by atoms with Gasteiger partial charge in [-0.2, -0.15) is 0 Å². The van der Waals surface area contributed by atoms with Gasteiger partial charge in [0.2, 0.25) is 0 Å². The normalized spacial score (nSPS) is 16.6. The van der Waals surface area contributed by atoms with E-state index in [-0.39, 0.29) is 11.7 Å². The fourth-order valence-electron chi connectivity index (χ4n) is 3.08. The van der Waals surface area contributed by atoms with Crippen molar-refractivity contribution >= 4 is 0 Å². The number of hydrogen-bond donors (Lipinski definition) is 2. The molecule has 0 amide bonds. The molecule has 2 N–H and O–H groups in total. The van der Waals surface area contributed by atoms with Gasteiger partial charge in [-0.1, -0.05) is 6.07 Å². The first kappa shape index (κ1) is 15.5. The van der Waals surface area contributed by atoms with Gasteiger partial charge >= 0.3 is 0 Å². The van der Waals surface area contributed by atoms with Crippen LogP contribution in [0.25, 0.3) is 0 Å². The monoisotopic (exact) mass is 315 g/mol. The Morgan fingerprint density at radius 3 is 2.35 bits per heavy atom. The number of hydrogen-bond acceptors (Lipinski definition) is 5. The topological polar surface area (TPSA) is 60.0 Å². The molecule has 0 bridgehead atoms. The van der Waals surface area contributed by atoms with Gasteiger partial charge in [0.25, 0.3) is 0 Å². The second-order valence-electron chi connectivity index (χ2n) is 5.52. The molecule has 1 heterocycles. The number of benzene rings is 2. The van der Waals surface area contributed by atoms with Gasteiger partial charge in [-0.25, -0.2) is 0 Å². The lowest BCUT2D eigenvalue weighted by Gasteiger charge is -2.28. The highest BCUT2D eigenvalue weighted by Gasteiger charge is 2.24. The molecule has 1 atom stereocenters. The summed E-state index contributed by atoms with van der Waals surface area (Å²) in [4.78, 5) is 0. The first-order chi connectivity index (χ1) is 11.2. The third kappa shape index (κ3) is 2.80. The largest absolute Gasteiger partial charge is 0.504 e. The van der Waals surface area contributed by atoms with Crippen molar-refractivity contribution in [1.29, 1.82) is 0 Å². The van der Waals surface area contributed by atoms with E-state index in [0.29, 0.717) is 5.75 Å². The fourth-order valence-corrected chi connectivity index (χ4v) is 3.08. The number of fused-ring (bicyclic) bond motifs is 1. The fraction of sp³-hybridized carbons (Fsp3) is 0.333. The highest BCUT2D eigenvalue weighted by Crippen LogP contribution is 2.39. The van der Waals surface area contributed by atoms with Gasteiger partial charge in [0.1, 0.15) is 0 Å². The van der Waals surface area contributed by atoms with Crippen molar-refractivity contribution in [3.8, 4) is 23.0 Å². The van der Waals surface area contributed by atoms with E-state index >= 15 is 0 Å². The smallest absolute Gasteiger partial charge is 0.161 e. The second-order valence-corrected chi connectivity index (χ2v) is 5.52. The van der Waals surface area contributed by atoms with Gasteiger partial charge in [0, 0.05) is 19.0 Å². The standard InChI is InChI=1S/C18H21NO4/c1-21-16-6-11(4-5-15(16)20)14-10-19-9-12-7-17(22-2)18(23-3)8-13(12)14/h4-8,14,19-20H,9-10H2,1-3H3/t14-/m0/s1. The first-order valence-corrected chi connectivity index (χ1v) is 7.50. The Labute approximate surface area is 135 Å². The van der Waals surface area contributed by atoms with Crippen LogP contribution in [-0.2, 0) is 6.54 Å². The van der Waals surface area contributed by atoms with Gasteiger partial charge in [-0.15, -0.1) is 0 Å². The average Bonchev–Trinajstić information content (AvgIpc) is 2.60. The van der Waals surface area contributed by atoms with Gasteiger partial charge < -0.3 is 24.6 Å². The van der Waals surface area contributed by atoms with Crippen molar-refractivity contribution in [3.05, 3.63) is 47.0 Å². The van der Waals surface area contributed by atoms with Gasteiger partial charge in [0.05, 0.1) is 21.3 Å². The summed E-state index contributed by atoms with van der Waals surface area (Å²) in [6, 6.07) is 9.54. The number of ether oxygens (including phenoxy) is 3. The van der Waals surface area contributed by atoms with Crippen LogP contribution in [0.2, 0.25) is 0 Å². The van der Waals surface area contributed by atoms with E-state index < -0.39 is 0 Å².